The van der Waals surface area contributed by atoms with Crippen LogP contribution in [0, 0.1) is 0 Å². The Hall–Kier alpha value is -2.57. The van der Waals surface area contributed by atoms with E-state index in [2.05, 4.69) is 15.5 Å². The van der Waals surface area contributed by atoms with Crippen molar-refractivity contribution in [3.8, 4) is 0 Å². The molecule has 1 aliphatic heterocycles. The van der Waals surface area contributed by atoms with Gasteiger partial charge in [0.1, 0.15) is 5.01 Å². The highest BCUT2D eigenvalue weighted by molar-refractivity contribution is 7.89. The second-order valence-electron chi connectivity index (χ2n) is 6.91. The molecule has 4 rings (SSSR count). The summed E-state index contributed by atoms with van der Waals surface area (Å²) in [5.74, 6) is -0.944. The van der Waals surface area contributed by atoms with Crippen LogP contribution in [0.15, 0.2) is 32.3 Å². The van der Waals surface area contributed by atoms with Gasteiger partial charge in [0.25, 0.3) is 0 Å². The molecule has 0 aliphatic carbocycles. The molecule has 0 atom stereocenters. The lowest BCUT2D eigenvalue weighted by atomic mass is 10.3. The Kier molecular flexibility index (Phi) is 5.71. The van der Waals surface area contributed by atoms with Gasteiger partial charge in [0.2, 0.25) is 21.1 Å². The normalized spacial score (nSPS) is 15.1. The molecule has 1 saturated heterocycles. The van der Waals surface area contributed by atoms with Crippen molar-refractivity contribution in [2.24, 2.45) is 0 Å². The predicted molar refractivity (Wildman–Crippen MR) is 111 cm³/mol. The molecule has 160 valence electrons. The lowest BCUT2D eigenvalue weighted by Gasteiger charge is -2.15. The Morgan fingerprint density at radius 1 is 1.27 bits per heavy atom. The SMILES string of the molecule is CCc1nnc(NC(=O)CCn2c(=O)oc3cc(S(=O)(=O)N4CCCC4)ccc32)s1. The van der Waals surface area contributed by atoms with E-state index in [0.717, 1.165) is 24.3 Å². The summed E-state index contributed by atoms with van der Waals surface area (Å²) >= 11 is 1.30. The molecule has 3 heterocycles. The van der Waals surface area contributed by atoms with Crippen LogP contribution in [0.5, 0.6) is 0 Å². The zero-order valence-corrected chi connectivity index (χ0v) is 18.0. The van der Waals surface area contributed by atoms with Crippen molar-refractivity contribution in [2.75, 3.05) is 18.4 Å². The summed E-state index contributed by atoms with van der Waals surface area (Å²) in [4.78, 5) is 24.5. The van der Waals surface area contributed by atoms with Crippen molar-refractivity contribution >= 4 is 43.5 Å². The third-order valence-electron chi connectivity index (χ3n) is 4.92. The average molecular weight is 452 g/mol. The van der Waals surface area contributed by atoms with E-state index in [9.17, 15) is 18.0 Å². The van der Waals surface area contributed by atoms with Crippen molar-refractivity contribution in [3.63, 3.8) is 0 Å². The van der Waals surface area contributed by atoms with Crippen LogP contribution in [-0.4, -0.2) is 46.5 Å². The molecule has 0 spiro atoms. The molecular formula is C18H21N5O5S2. The quantitative estimate of drug-likeness (QED) is 0.580. The van der Waals surface area contributed by atoms with Crippen LogP contribution < -0.4 is 11.1 Å². The number of anilines is 1. The molecule has 2 aromatic heterocycles. The minimum absolute atomic E-state index is 0.0312. The number of sulfonamides is 1. The van der Waals surface area contributed by atoms with Crippen molar-refractivity contribution in [1.29, 1.82) is 0 Å². The highest BCUT2D eigenvalue weighted by Gasteiger charge is 2.28. The summed E-state index contributed by atoms with van der Waals surface area (Å²) < 4.78 is 33.4. The van der Waals surface area contributed by atoms with E-state index in [0.29, 0.717) is 23.7 Å². The van der Waals surface area contributed by atoms with Crippen LogP contribution in [0.1, 0.15) is 31.2 Å². The highest BCUT2D eigenvalue weighted by atomic mass is 32.2. The first kappa shape index (κ1) is 20.7. The molecule has 1 amide bonds. The summed E-state index contributed by atoms with van der Waals surface area (Å²) in [6, 6.07) is 4.38. The number of hydrogen-bond acceptors (Lipinski definition) is 8. The zero-order chi connectivity index (χ0) is 21.3. The van der Waals surface area contributed by atoms with Crippen molar-refractivity contribution < 1.29 is 17.6 Å². The largest absolute Gasteiger partial charge is 0.419 e. The van der Waals surface area contributed by atoms with E-state index in [1.807, 2.05) is 6.92 Å². The van der Waals surface area contributed by atoms with Crippen LogP contribution in [-0.2, 0) is 27.8 Å². The van der Waals surface area contributed by atoms with E-state index in [1.165, 1.54) is 32.3 Å². The minimum Gasteiger partial charge on any atom is -0.408 e. The third kappa shape index (κ3) is 4.02. The Morgan fingerprint density at radius 2 is 2.03 bits per heavy atom. The standard InChI is InChI=1S/C18H21N5O5S2/c1-2-16-20-21-17(29-16)19-15(24)7-10-23-13-6-5-12(11-14(13)28-18(23)25)30(26,27)22-8-3-4-9-22/h5-6,11H,2-4,7-10H2,1H3,(H,19,21,24). The van der Waals surface area contributed by atoms with Crippen molar-refractivity contribution in [2.45, 2.75) is 44.0 Å². The van der Waals surface area contributed by atoms with E-state index in [4.69, 9.17) is 4.42 Å². The number of amides is 1. The van der Waals surface area contributed by atoms with Crippen LogP contribution in [0.2, 0.25) is 0 Å². The van der Waals surface area contributed by atoms with Gasteiger partial charge in [0.05, 0.1) is 10.4 Å². The van der Waals surface area contributed by atoms with E-state index in [1.54, 1.807) is 6.07 Å². The molecule has 1 N–H and O–H groups in total. The van der Waals surface area contributed by atoms with Crippen LogP contribution in [0.4, 0.5) is 5.13 Å². The van der Waals surface area contributed by atoms with E-state index in [-0.39, 0.29) is 29.4 Å². The molecule has 12 heteroatoms. The molecule has 0 radical (unpaired) electrons. The second-order valence-corrected chi connectivity index (χ2v) is 9.91. The number of hydrogen-bond donors (Lipinski definition) is 1. The van der Waals surface area contributed by atoms with Gasteiger partial charge in [-0.05, 0) is 31.4 Å². The summed E-state index contributed by atoms with van der Waals surface area (Å²) in [5, 5.41) is 11.7. The van der Waals surface area contributed by atoms with Crippen LogP contribution >= 0.6 is 11.3 Å². The first-order valence-electron chi connectivity index (χ1n) is 9.64. The Bertz CT molecular complexity index is 1240. The third-order valence-corrected chi connectivity index (χ3v) is 7.80. The van der Waals surface area contributed by atoms with Gasteiger partial charge < -0.3 is 9.73 Å². The molecule has 0 bridgehead atoms. The fourth-order valence-corrected chi connectivity index (χ4v) is 5.57. The van der Waals surface area contributed by atoms with Gasteiger partial charge in [0.15, 0.2) is 5.58 Å². The maximum atomic E-state index is 12.7. The molecule has 3 aromatic rings. The number of nitrogens with one attached hydrogen (secondary N) is 1. The molecule has 10 nitrogen and oxygen atoms in total. The Balaban J connectivity index is 1.50. The molecule has 30 heavy (non-hydrogen) atoms. The van der Waals surface area contributed by atoms with Gasteiger partial charge in [-0.3, -0.25) is 9.36 Å². The van der Waals surface area contributed by atoms with Crippen molar-refractivity contribution in [1.82, 2.24) is 19.1 Å². The predicted octanol–water partition coefficient (Wildman–Crippen LogP) is 1.82. The minimum atomic E-state index is -3.61. The lowest BCUT2D eigenvalue weighted by molar-refractivity contribution is -0.116. The second kappa shape index (κ2) is 8.28. The summed E-state index contributed by atoms with van der Waals surface area (Å²) in [6.45, 7) is 3.03. The van der Waals surface area contributed by atoms with Gasteiger partial charge >= 0.3 is 5.76 Å². The summed E-state index contributed by atoms with van der Waals surface area (Å²) in [6.07, 6.45) is 2.44. The van der Waals surface area contributed by atoms with Gasteiger partial charge in [-0.15, -0.1) is 10.2 Å². The molecule has 1 fully saturated rings. The van der Waals surface area contributed by atoms with E-state index >= 15 is 0 Å². The number of rotatable bonds is 7. The number of aryl methyl sites for hydroxylation is 2. The van der Waals surface area contributed by atoms with Crippen LogP contribution in [0.25, 0.3) is 11.1 Å². The van der Waals surface area contributed by atoms with Crippen molar-refractivity contribution in [3.05, 3.63) is 33.8 Å². The maximum absolute atomic E-state index is 12.7. The number of oxazole rings is 1. The lowest BCUT2D eigenvalue weighted by Crippen LogP contribution is -2.27. The number of fused-ring (bicyclic) bond motifs is 1. The molecule has 1 aromatic carbocycles. The Labute approximate surface area is 176 Å². The number of benzene rings is 1. The number of carbonyl (C=O) groups excluding carboxylic acids is 1. The van der Waals surface area contributed by atoms with Gasteiger partial charge in [-0.1, -0.05) is 18.3 Å². The molecule has 1 aliphatic rings. The fraction of sp³-hybridized carbons (Fsp3) is 0.444. The van der Waals surface area contributed by atoms with Crippen LogP contribution in [0.3, 0.4) is 0 Å². The molecule has 0 saturated carbocycles. The highest BCUT2D eigenvalue weighted by Crippen LogP contribution is 2.24. The fourth-order valence-electron chi connectivity index (χ4n) is 3.34. The summed E-state index contributed by atoms with van der Waals surface area (Å²) in [7, 11) is -3.61. The number of nitrogens with zero attached hydrogens (tertiary/aromatic N) is 4. The smallest absolute Gasteiger partial charge is 0.408 e. The first-order chi connectivity index (χ1) is 14.4. The topological polar surface area (TPSA) is 127 Å². The zero-order valence-electron chi connectivity index (χ0n) is 16.3. The molecular weight excluding hydrogens is 430 g/mol. The van der Waals surface area contributed by atoms with E-state index < -0.39 is 15.8 Å². The maximum Gasteiger partial charge on any atom is 0.419 e. The van der Waals surface area contributed by atoms with Gasteiger partial charge in [-0.25, -0.2) is 13.2 Å². The number of carbonyl (C=O) groups is 1. The summed E-state index contributed by atoms with van der Waals surface area (Å²) in [5.41, 5.74) is 0.620. The van der Waals surface area contributed by atoms with Gasteiger partial charge in [0, 0.05) is 32.1 Å². The Morgan fingerprint density at radius 3 is 2.73 bits per heavy atom. The van der Waals surface area contributed by atoms with Gasteiger partial charge in [-0.2, -0.15) is 4.31 Å². The monoisotopic (exact) mass is 451 g/mol. The first-order valence-corrected chi connectivity index (χ1v) is 11.9. The molecule has 0 unspecified atom stereocenters. The number of aromatic nitrogens is 3. The average Bonchev–Trinajstić information content (AvgIpc) is 3.46.